The summed E-state index contributed by atoms with van der Waals surface area (Å²) in [4.78, 5) is 11.1. The van der Waals surface area contributed by atoms with E-state index in [0.717, 1.165) is 18.4 Å². The molecule has 1 aliphatic carbocycles. The minimum absolute atomic E-state index is 0.0204. The van der Waals surface area contributed by atoms with E-state index >= 15 is 0 Å². The summed E-state index contributed by atoms with van der Waals surface area (Å²) in [5, 5.41) is 12.1. The molecule has 2 N–H and O–H groups in total. The van der Waals surface area contributed by atoms with Gasteiger partial charge in [-0.15, -0.1) is 0 Å². The maximum absolute atomic E-state index is 11.3. The summed E-state index contributed by atoms with van der Waals surface area (Å²) < 4.78 is 22.6. The highest BCUT2D eigenvalue weighted by Gasteiger charge is 2.35. The van der Waals surface area contributed by atoms with Gasteiger partial charge in [-0.1, -0.05) is 12.1 Å². The van der Waals surface area contributed by atoms with Gasteiger partial charge in [-0.3, -0.25) is 4.79 Å². The summed E-state index contributed by atoms with van der Waals surface area (Å²) in [6, 6.07) is 6.66. The summed E-state index contributed by atoms with van der Waals surface area (Å²) in [5.74, 6) is -1.05. The first-order valence-corrected chi connectivity index (χ1v) is 8.02. The van der Waals surface area contributed by atoms with Crippen LogP contribution in [0.25, 0.3) is 0 Å². The molecule has 1 aliphatic rings. The number of carboxylic acid groups (broad SMARTS) is 1. The fourth-order valence-electron chi connectivity index (χ4n) is 2.14. The lowest BCUT2D eigenvalue weighted by molar-refractivity contribution is -0.146. The normalized spacial score (nSPS) is 22.8. The van der Waals surface area contributed by atoms with E-state index in [1.165, 1.54) is 6.26 Å². The smallest absolute Gasteiger partial charge is 0.308 e. The first-order valence-electron chi connectivity index (χ1n) is 6.13. The molecule has 0 bridgehead atoms. The third-order valence-corrected chi connectivity index (χ3v) is 4.64. The van der Waals surface area contributed by atoms with Gasteiger partial charge in [0.05, 0.1) is 10.8 Å². The third-order valence-electron chi connectivity index (χ3n) is 3.51. The van der Waals surface area contributed by atoms with Crippen LogP contribution in [0.5, 0.6) is 0 Å². The van der Waals surface area contributed by atoms with Crippen molar-refractivity contribution < 1.29 is 18.3 Å². The van der Waals surface area contributed by atoms with Crippen molar-refractivity contribution in [2.75, 3.05) is 6.26 Å². The molecule has 19 heavy (non-hydrogen) atoms. The standard InChI is InChI=1S/C13H17NO4S/c1-19(17,18)10-4-2-9(3-5-10)8-14-12-7-6-11(12)13(15)16/h2-5,11-12,14H,6-8H2,1H3,(H,15,16). The maximum atomic E-state index is 11.3. The molecule has 2 unspecified atom stereocenters. The molecular weight excluding hydrogens is 266 g/mol. The van der Waals surface area contributed by atoms with Crippen molar-refractivity contribution in [2.45, 2.75) is 30.3 Å². The molecule has 1 saturated carbocycles. The van der Waals surface area contributed by atoms with E-state index in [4.69, 9.17) is 5.11 Å². The Morgan fingerprint density at radius 1 is 1.32 bits per heavy atom. The zero-order chi connectivity index (χ0) is 14.0. The predicted octanol–water partition coefficient (Wildman–Crippen LogP) is 1.04. The van der Waals surface area contributed by atoms with E-state index in [9.17, 15) is 13.2 Å². The Kier molecular flexibility index (Phi) is 3.91. The molecule has 0 amide bonds. The summed E-state index contributed by atoms with van der Waals surface area (Å²) in [6.07, 6.45) is 2.77. The van der Waals surface area contributed by atoms with Gasteiger partial charge in [0.1, 0.15) is 0 Å². The van der Waals surface area contributed by atoms with Gasteiger partial charge in [-0.05, 0) is 30.5 Å². The van der Waals surface area contributed by atoms with Crippen molar-refractivity contribution in [1.82, 2.24) is 5.32 Å². The van der Waals surface area contributed by atoms with Crippen LogP contribution in [0, 0.1) is 5.92 Å². The van der Waals surface area contributed by atoms with Gasteiger partial charge < -0.3 is 10.4 Å². The van der Waals surface area contributed by atoms with Crippen LogP contribution < -0.4 is 5.32 Å². The maximum Gasteiger partial charge on any atom is 0.308 e. The molecule has 0 aromatic heterocycles. The quantitative estimate of drug-likeness (QED) is 0.843. The third kappa shape index (κ3) is 3.33. The molecule has 1 aromatic carbocycles. The van der Waals surface area contributed by atoms with E-state index in [2.05, 4.69) is 5.32 Å². The lowest BCUT2D eigenvalue weighted by Gasteiger charge is -2.34. The van der Waals surface area contributed by atoms with E-state index in [1.54, 1.807) is 24.3 Å². The zero-order valence-corrected chi connectivity index (χ0v) is 11.5. The van der Waals surface area contributed by atoms with E-state index in [1.807, 2.05) is 0 Å². The largest absolute Gasteiger partial charge is 0.481 e. The van der Waals surface area contributed by atoms with E-state index < -0.39 is 15.8 Å². The molecule has 0 radical (unpaired) electrons. The molecule has 104 valence electrons. The van der Waals surface area contributed by atoms with Gasteiger partial charge in [0.25, 0.3) is 0 Å². The Morgan fingerprint density at radius 3 is 2.37 bits per heavy atom. The Hall–Kier alpha value is -1.40. The Labute approximate surface area is 112 Å². The Bertz CT molecular complexity index is 565. The Balaban J connectivity index is 1.92. The fraction of sp³-hybridized carbons (Fsp3) is 0.462. The highest BCUT2D eigenvalue weighted by Crippen LogP contribution is 2.27. The number of rotatable bonds is 5. The Morgan fingerprint density at radius 2 is 1.95 bits per heavy atom. The lowest BCUT2D eigenvalue weighted by atomic mass is 9.79. The predicted molar refractivity (Wildman–Crippen MR) is 70.5 cm³/mol. The number of carbonyl (C=O) groups is 1. The van der Waals surface area contributed by atoms with E-state index in [0.29, 0.717) is 11.4 Å². The van der Waals surface area contributed by atoms with Crippen LogP contribution in [0.15, 0.2) is 29.2 Å². The molecule has 0 saturated heterocycles. The SMILES string of the molecule is CS(=O)(=O)c1ccc(CNC2CCC2C(=O)O)cc1. The number of carboxylic acids is 1. The first-order chi connectivity index (χ1) is 8.88. The highest BCUT2D eigenvalue weighted by atomic mass is 32.2. The molecule has 2 atom stereocenters. The molecular formula is C13H17NO4S. The van der Waals surface area contributed by atoms with Crippen molar-refractivity contribution in [3.63, 3.8) is 0 Å². The summed E-state index contributed by atoms with van der Waals surface area (Å²) in [5.41, 5.74) is 0.948. The van der Waals surface area contributed by atoms with Crippen LogP contribution in [0.3, 0.4) is 0 Å². The minimum Gasteiger partial charge on any atom is -0.481 e. The average Bonchev–Trinajstić information content (AvgIpc) is 2.26. The van der Waals surface area contributed by atoms with Crippen molar-refractivity contribution in [2.24, 2.45) is 5.92 Å². The zero-order valence-electron chi connectivity index (χ0n) is 10.7. The van der Waals surface area contributed by atoms with Crippen LogP contribution in [0.4, 0.5) is 0 Å². The van der Waals surface area contributed by atoms with Crippen molar-refractivity contribution in [3.05, 3.63) is 29.8 Å². The molecule has 0 spiro atoms. The highest BCUT2D eigenvalue weighted by molar-refractivity contribution is 7.90. The lowest BCUT2D eigenvalue weighted by Crippen LogP contribution is -2.47. The average molecular weight is 283 g/mol. The van der Waals surface area contributed by atoms with Gasteiger partial charge in [-0.2, -0.15) is 0 Å². The minimum atomic E-state index is -3.16. The number of sulfone groups is 1. The second-order valence-corrected chi connectivity index (χ2v) is 6.94. The van der Waals surface area contributed by atoms with Crippen LogP contribution in [0.1, 0.15) is 18.4 Å². The van der Waals surface area contributed by atoms with Crippen LogP contribution in [-0.4, -0.2) is 31.8 Å². The number of nitrogens with one attached hydrogen (secondary N) is 1. The molecule has 0 heterocycles. The van der Waals surface area contributed by atoms with Crippen LogP contribution in [0.2, 0.25) is 0 Å². The van der Waals surface area contributed by atoms with Gasteiger partial charge in [0.2, 0.25) is 0 Å². The fourth-order valence-corrected chi connectivity index (χ4v) is 2.77. The number of aliphatic carboxylic acids is 1. The first kappa shape index (κ1) is 14.0. The molecule has 2 rings (SSSR count). The second kappa shape index (κ2) is 5.30. The van der Waals surface area contributed by atoms with Gasteiger partial charge in [0.15, 0.2) is 9.84 Å². The molecule has 1 fully saturated rings. The second-order valence-electron chi connectivity index (χ2n) is 4.93. The topological polar surface area (TPSA) is 83.5 Å². The molecule has 1 aromatic rings. The summed E-state index contributed by atoms with van der Waals surface area (Å²) in [6.45, 7) is 0.554. The molecule has 6 heteroatoms. The van der Waals surface area contributed by atoms with Crippen LogP contribution in [-0.2, 0) is 21.2 Å². The van der Waals surface area contributed by atoms with E-state index in [-0.39, 0.29) is 12.0 Å². The van der Waals surface area contributed by atoms with Crippen molar-refractivity contribution in [3.8, 4) is 0 Å². The number of hydrogen-bond acceptors (Lipinski definition) is 4. The molecule has 5 nitrogen and oxygen atoms in total. The summed E-state index contributed by atoms with van der Waals surface area (Å²) >= 11 is 0. The van der Waals surface area contributed by atoms with Gasteiger partial charge in [-0.25, -0.2) is 8.42 Å². The molecule has 0 aliphatic heterocycles. The van der Waals surface area contributed by atoms with Crippen molar-refractivity contribution in [1.29, 1.82) is 0 Å². The van der Waals surface area contributed by atoms with Crippen molar-refractivity contribution >= 4 is 15.8 Å². The summed E-state index contributed by atoms with van der Waals surface area (Å²) in [7, 11) is -3.16. The van der Waals surface area contributed by atoms with Gasteiger partial charge >= 0.3 is 5.97 Å². The van der Waals surface area contributed by atoms with Crippen LogP contribution >= 0.6 is 0 Å². The number of hydrogen-bond donors (Lipinski definition) is 2. The monoisotopic (exact) mass is 283 g/mol. The van der Waals surface area contributed by atoms with Gasteiger partial charge in [0, 0.05) is 18.8 Å². The number of benzene rings is 1.